The maximum atomic E-state index is 12.7. The van der Waals surface area contributed by atoms with E-state index in [0.29, 0.717) is 32.1 Å². The first-order valence-electron chi connectivity index (χ1n) is 10.2. The molecule has 0 aromatic heterocycles. The number of rotatable bonds is 5. The Morgan fingerprint density at radius 3 is 2.24 bits per heavy atom. The summed E-state index contributed by atoms with van der Waals surface area (Å²) in [5.74, 6) is 0.462. The molecule has 1 aromatic carbocycles. The quantitative estimate of drug-likeness (QED) is 0.748. The molecule has 1 unspecified atom stereocenters. The zero-order valence-electron chi connectivity index (χ0n) is 16.9. The van der Waals surface area contributed by atoms with Gasteiger partial charge in [-0.3, -0.25) is 14.5 Å². The summed E-state index contributed by atoms with van der Waals surface area (Å²) in [5.41, 5.74) is -0.510. The maximum Gasteiger partial charge on any atom is 0.416 e. The molecule has 1 aromatic rings. The maximum absolute atomic E-state index is 12.7. The van der Waals surface area contributed by atoms with Crippen LogP contribution in [0.2, 0.25) is 0 Å². The van der Waals surface area contributed by atoms with Crippen molar-refractivity contribution in [1.82, 2.24) is 14.7 Å². The van der Waals surface area contributed by atoms with Gasteiger partial charge in [0.15, 0.2) is 0 Å². The Kier molecular flexibility index (Phi) is 6.51. The molecule has 2 saturated heterocycles. The number of carbonyl (C=O) groups excluding carboxylic acids is 2. The summed E-state index contributed by atoms with van der Waals surface area (Å²) in [6.45, 7) is 7.99. The molecule has 2 fully saturated rings. The third kappa shape index (κ3) is 5.10. The highest BCUT2D eigenvalue weighted by molar-refractivity contribution is 5.94. The van der Waals surface area contributed by atoms with Crippen molar-refractivity contribution < 1.29 is 22.8 Å². The number of nitrogens with zero attached hydrogens (tertiary/aromatic N) is 3. The summed E-state index contributed by atoms with van der Waals surface area (Å²) in [6, 6.07) is 4.21. The molecule has 0 bridgehead atoms. The zero-order valence-corrected chi connectivity index (χ0v) is 16.9. The Labute approximate surface area is 169 Å². The van der Waals surface area contributed by atoms with Gasteiger partial charge in [-0.1, -0.05) is 13.8 Å². The average molecular weight is 411 g/mol. The predicted octanol–water partition coefficient (Wildman–Crippen LogP) is 3.11. The van der Waals surface area contributed by atoms with Crippen molar-refractivity contribution in [3.05, 3.63) is 35.4 Å². The van der Waals surface area contributed by atoms with E-state index < -0.39 is 11.7 Å². The molecule has 2 aliphatic heterocycles. The van der Waals surface area contributed by atoms with Gasteiger partial charge < -0.3 is 9.80 Å². The van der Waals surface area contributed by atoms with Crippen LogP contribution in [0.4, 0.5) is 13.2 Å². The molecule has 2 heterocycles. The largest absolute Gasteiger partial charge is 0.416 e. The Balaban J connectivity index is 1.53. The fraction of sp³-hybridized carbons (Fsp3) is 0.619. The number of amides is 2. The molecule has 0 N–H and O–H groups in total. The summed E-state index contributed by atoms with van der Waals surface area (Å²) >= 11 is 0. The molecule has 2 aliphatic rings. The van der Waals surface area contributed by atoms with Gasteiger partial charge in [-0.05, 0) is 43.0 Å². The fourth-order valence-corrected chi connectivity index (χ4v) is 3.92. The Morgan fingerprint density at radius 2 is 1.69 bits per heavy atom. The molecule has 8 heteroatoms. The minimum atomic E-state index is -4.41. The number of likely N-dealkylation sites (tertiary alicyclic amines) is 1. The lowest BCUT2D eigenvalue weighted by Crippen LogP contribution is -2.53. The summed E-state index contributed by atoms with van der Waals surface area (Å²) in [4.78, 5) is 31.0. The fourth-order valence-electron chi connectivity index (χ4n) is 3.92. The van der Waals surface area contributed by atoms with Crippen molar-refractivity contribution in [3.8, 4) is 0 Å². The first kappa shape index (κ1) is 21.6. The molecule has 0 spiro atoms. The van der Waals surface area contributed by atoms with E-state index in [2.05, 4.69) is 18.7 Å². The monoisotopic (exact) mass is 411 g/mol. The minimum absolute atomic E-state index is 0.120. The smallest absolute Gasteiger partial charge is 0.341 e. The standard InChI is InChI=1S/C21H28F3N3O2/c1-15(2)7-9-26-10-8-18(20(26)29)25-11-13-27(14-12-25)19(28)16-3-5-17(6-4-16)21(22,23)24/h3-6,15,18H,7-14H2,1-2H3. The van der Waals surface area contributed by atoms with Crippen molar-refractivity contribution in [2.45, 2.75) is 38.9 Å². The highest BCUT2D eigenvalue weighted by Gasteiger charge is 2.37. The van der Waals surface area contributed by atoms with Gasteiger partial charge in [0.2, 0.25) is 5.91 Å². The van der Waals surface area contributed by atoms with Crippen LogP contribution in [-0.2, 0) is 11.0 Å². The van der Waals surface area contributed by atoms with Crippen LogP contribution < -0.4 is 0 Å². The van der Waals surface area contributed by atoms with Crippen molar-refractivity contribution in [3.63, 3.8) is 0 Å². The van der Waals surface area contributed by atoms with Gasteiger partial charge >= 0.3 is 6.18 Å². The van der Waals surface area contributed by atoms with Crippen LogP contribution in [0.25, 0.3) is 0 Å². The van der Waals surface area contributed by atoms with Gasteiger partial charge in [0.25, 0.3) is 5.91 Å². The predicted molar refractivity (Wildman–Crippen MR) is 103 cm³/mol. The molecule has 0 saturated carbocycles. The second-order valence-corrected chi connectivity index (χ2v) is 8.22. The Bertz CT molecular complexity index is 726. The summed E-state index contributed by atoms with van der Waals surface area (Å²) in [5, 5.41) is 0. The number of alkyl halides is 3. The van der Waals surface area contributed by atoms with Crippen molar-refractivity contribution in [1.29, 1.82) is 0 Å². The second kappa shape index (κ2) is 8.73. The number of carbonyl (C=O) groups is 2. The number of hydrogen-bond donors (Lipinski definition) is 0. The lowest BCUT2D eigenvalue weighted by atomic mass is 10.1. The molecule has 0 aliphatic carbocycles. The van der Waals surface area contributed by atoms with E-state index in [-0.39, 0.29) is 23.4 Å². The van der Waals surface area contributed by atoms with E-state index in [9.17, 15) is 22.8 Å². The van der Waals surface area contributed by atoms with Crippen molar-refractivity contribution in [2.24, 2.45) is 5.92 Å². The van der Waals surface area contributed by atoms with Gasteiger partial charge in [0, 0.05) is 44.8 Å². The van der Waals surface area contributed by atoms with Crippen LogP contribution in [0.15, 0.2) is 24.3 Å². The number of benzene rings is 1. The van der Waals surface area contributed by atoms with E-state index in [0.717, 1.165) is 38.1 Å². The molecule has 0 radical (unpaired) electrons. The second-order valence-electron chi connectivity index (χ2n) is 8.22. The topological polar surface area (TPSA) is 43.9 Å². The average Bonchev–Trinajstić information content (AvgIpc) is 3.06. The highest BCUT2D eigenvalue weighted by atomic mass is 19.4. The highest BCUT2D eigenvalue weighted by Crippen LogP contribution is 2.29. The SMILES string of the molecule is CC(C)CCN1CCC(N2CCN(C(=O)c3ccc(C(F)(F)F)cc3)CC2)C1=O. The van der Waals surface area contributed by atoms with Gasteiger partial charge in [-0.2, -0.15) is 13.2 Å². The number of hydrogen-bond acceptors (Lipinski definition) is 3. The number of halogens is 3. The van der Waals surface area contributed by atoms with Crippen LogP contribution in [0, 0.1) is 5.92 Å². The third-order valence-electron chi connectivity index (χ3n) is 5.75. The molecule has 2 amide bonds. The van der Waals surface area contributed by atoms with E-state index in [1.165, 1.54) is 12.1 Å². The zero-order chi connectivity index (χ0) is 21.2. The first-order valence-corrected chi connectivity index (χ1v) is 10.2. The Hall–Kier alpha value is -2.09. The Morgan fingerprint density at radius 1 is 1.07 bits per heavy atom. The summed E-state index contributed by atoms with van der Waals surface area (Å²) < 4.78 is 38.0. The van der Waals surface area contributed by atoms with E-state index in [4.69, 9.17) is 0 Å². The van der Waals surface area contributed by atoms with Crippen LogP contribution in [0.1, 0.15) is 42.6 Å². The first-order chi connectivity index (χ1) is 13.7. The molecular formula is C21H28F3N3O2. The number of piperazine rings is 1. The van der Waals surface area contributed by atoms with Gasteiger partial charge in [-0.15, -0.1) is 0 Å². The molecule has 160 valence electrons. The lowest BCUT2D eigenvalue weighted by molar-refractivity contribution is -0.137. The molecule has 5 nitrogen and oxygen atoms in total. The summed E-state index contributed by atoms with van der Waals surface area (Å²) in [6.07, 6.45) is -2.61. The minimum Gasteiger partial charge on any atom is -0.341 e. The van der Waals surface area contributed by atoms with E-state index in [1.807, 2.05) is 4.90 Å². The van der Waals surface area contributed by atoms with Crippen LogP contribution in [-0.4, -0.2) is 71.8 Å². The molecule has 3 rings (SSSR count). The van der Waals surface area contributed by atoms with E-state index >= 15 is 0 Å². The van der Waals surface area contributed by atoms with Crippen LogP contribution in [0.5, 0.6) is 0 Å². The van der Waals surface area contributed by atoms with Crippen LogP contribution in [0.3, 0.4) is 0 Å². The normalized spacial score (nSPS) is 21.3. The molecule has 29 heavy (non-hydrogen) atoms. The van der Waals surface area contributed by atoms with Gasteiger partial charge in [-0.25, -0.2) is 0 Å². The van der Waals surface area contributed by atoms with Crippen molar-refractivity contribution in [2.75, 3.05) is 39.3 Å². The van der Waals surface area contributed by atoms with Gasteiger partial charge in [0.05, 0.1) is 11.6 Å². The third-order valence-corrected chi connectivity index (χ3v) is 5.75. The summed E-state index contributed by atoms with van der Waals surface area (Å²) in [7, 11) is 0. The van der Waals surface area contributed by atoms with Gasteiger partial charge in [0.1, 0.15) is 0 Å². The van der Waals surface area contributed by atoms with E-state index in [1.54, 1.807) is 4.90 Å². The van der Waals surface area contributed by atoms with Crippen molar-refractivity contribution >= 4 is 11.8 Å². The lowest BCUT2D eigenvalue weighted by Gasteiger charge is -2.37. The molecular weight excluding hydrogens is 383 g/mol. The molecule has 1 atom stereocenters. The van der Waals surface area contributed by atoms with Crippen LogP contribution >= 0.6 is 0 Å².